The normalized spacial score (nSPS) is 11.6. The third kappa shape index (κ3) is 3.84. The second kappa shape index (κ2) is 6.17. The number of alkyl carbamates (subject to hydrolysis) is 1. The number of hydrogen-bond donors (Lipinski definition) is 2. The fourth-order valence-electron chi connectivity index (χ4n) is 2.19. The number of carbonyl (C=O) groups is 1. The van der Waals surface area contributed by atoms with Crippen LogP contribution >= 0.6 is 0 Å². The van der Waals surface area contributed by atoms with Crippen molar-refractivity contribution in [2.24, 2.45) is 7.05 Å². The van der Waals surface area contributed by atoms with Gasteiger partial charge in [-0.1, -0.05) is 6.07 Å². The van der Waals surface area contributed by atoms with E-state index in [1.54, 1.807) is 23.6 Å². The number of aromatic nitrogens is 1. The van der Waals surface area contributed by atoms with E-state index in [1.807, 2.05) is 17.7 Å². The molecule has 0 aliphatic rings. The molecule has 1 aromatic heterocycles. The van der Waals surface area contributed by atoms with Crippen molar-refractivity contribution in [1.29, 1.82) is 0 Å². The molecule has 0 aliphatic heterocycles. The molecule has 0 saturated heterocycles. The molecular formula is C14H15F3N2O3. The number of phenolic OH excluding ortho intramolecular Hbond substituents is 1. The van der Waals surface area contributed by atoms with Crippen LogP contribution in [0.25, 0.3) is 10.9 Å². The van der Waals surface area contributed by atoms with Crippen molar-refractivity contribution in [2.75, 3.05) is 13.2 Å². The standard InChI is InChI=1S/C14H15F3N2O3/c1-19-7-9(12-10(19)3-2-4-11(12)20)5-6-22-13(21)18-8-14(15,16)17/h2-4,7,20H,5-6,8H2,1H3,(H,18,21). The van der Waals surface area contributed by atoms with Gasteiger partial charge in [0.15, 0.2) is 0 Å². The van der Waals surface area contributed by atoms with Crippen LogP contribution in [-0.4, -0.2) is 35.1 Å². The number of fused-ring (bicyclic) bond motifs is 1. The van der Waals surface area contributed by atoms with Gasteiger partial charge in [0.1, 0.15) is 12.3 Å². The average molecular weight is 316 g/mol. The van der Waals surface area contributed by atoms with E-state index in [1.165, 1.54) is 0 Å². The lowest BCUT2D eigenvalue weighted by Crippen LogP contribution is -2.34. The summed E-state index contributed by atoms with van der Waals surface area (Å²) in [7, 11) is 1.81. The molecule has 2 aromatic rings. The summed E-state index contributed by atoms with van der Waals surface area (Å²) >= 11 is 0. The SMILES string of the molecule is Cn1cc(CCOC(=O)NCC(F)(F)F)c2c(O)cccc21. The number of rotatable bonds is 4. The van der Waals surface area contributed by atoms with Gasteiger partial charge in [-0.2, -0.15) is 13.2 Å². The van der Waals surface area contributed by atoms with E-state index in [-0.39, 0.29) is 18.8 Å². The van der Waals surface area contributed by atoms with Crippen LogP contribution in [0.1, 0.15) is 5.56 Å². The minimum absolute atomic E-state index is 0.0862. The van der Waals surface area contributed by atoms with E-state index in [0.29, 0.717) is 5.39 Å². The number of carbonyl (C=O) groups excluding carboxylic acids is 1. The van der Waals surface area contributed by atoms with Gasteiger partial charge >= 0.3 is 12.3 Å². The van der Waals surface area contributed by atoms with E-state index < -0.39 is 18.8 Å². The number of benzene rings is 1. The highest BCUT2D eigenvalue weighted by Gasteiger charge is 2.28. The lowest BCUT2D eigenvalue weighted by molar-refractivity contribution is -0.123. The van der Waals surface area contributed by atoms with Gasteiger partial charge in [0.2, 0.25) is 0 Å². The van der Waals surface area contributed by atoms with Crippen LogP contribution in [0.5, 0.6) is 5.75 Å². The van der Waals surface area contributed by atoms with E-state index >= 15 is 0 Å². The van der Waals surface area contributed by atoms with Gasteiger partial charge in [-0.05, 0) is 17.7 Å². The number of amides is 1. The summed E-state index contributed by atoms with van der Waals surface area (Å²) in [5, 5.41) is 12.2. The summed E-state index contributed by atoms with van der Waals surface area (Å²) in [4.78, 5) is 11.1. The summed E-state index contributed by atoms with van der Waals surface area (Å²) in [5.41, 5.74) is 1.57. The van der Waals surface area contributed by atoms with Crippen molar-refractivity contribution in [3.05, 3.63) is 30.0 Å². The molecule has 120 valence electrons. The maximum absolute atomic E-state index is 11.9. The molecule has 1 amide bonds. The number of alkyl halides is 3. The van der Waals surface area contributed by atoms with Crippen LogP contribution in [0.2, 0.25) is 0 Å². The smallest absolute Gasteiger partial charge is 0.407 e. The molecule has 0 spiro atoms. The molecule has 1 aromatic carbocycles. The van der Waals surface area contributed by atoms with Crippen molar-refractivity contribution in [1.82, 2.24) is 9.88 Å². The third-order valence-corrected chi connectivity index (χ3v) is 3.11. The first-order valence-electron chi connectivity index (χ1n) is 6.51. The zero-order valence-electron chi connectivity index (χ0n) is 11.8. The van der Waals surface area contributed by atoms with Crippen LogP contribution in [0, 0.1) is 0 Å². The number of nitrogens with one attached hydrogen (secondary N) is 1. The van der Waals surface area contributed by atoms with Gasteiger partial charge in [0.05, 0.1) is 12.1 Å². The number of halogens is 3. The molecular weight excluding hydrogens is 301 g/mol. The number of aryl methyl sites for hydroxylation is 1. The largest absolute Gasteiger partial charge is 0.507 e. The Morgan fingerprint density at radius 3 is 2.82 bits per heavy atom. The Balaban J connectivity index is 1.94. The summed E-state index contributed by atoms with van der Waals surface area (Å²) in [6.45, 7) is -1.52. The molecule has 2 rings (SSSR count). The van der Waals surface area contributed by atoms with Crippen molar-refractivity contribution in [3.8, 4) is 5.75 Å². The molecule has 0 aliphatic carbocycles. The van der Waals surface area contributed by atoms with Gasteiger partial charge < -0.3 is 19.7 Å². The second-order valence-corrected chi connectivity index (χ2v) is 4.79. The predicted octanol–water partition coefficient (Wildman–Crippen LogP) is 2.71. The number of hydrogen-bond acceptors (Lipinski definition) is 3. The quantitative estimate of drug-likeness (QED) is 0.911. The topological polar surface area (TPSA) is 63.5 Å². The molecule has 0 radical (unpaired) electrons. The van der Waals surface area contributed by atoms with Crippen LogP contribution in [0.3, 0.4) is 0 Å². The molecule has 5 nitrogen and oxygen atoms in total. The van der Waals surface area contributed by atoms with Gasteiger partial charge in [-0.15, -0.1) is 0 Å². The fourth-order valence-corrected chi connectivity index (χ4v) is 2.19. The predicted molar refractivity (Wildman–Crippen MR) is 73.7 cm³/mol. The second-order valence-electron chi connectivity index (χ2n) is 4.79. The molecule has 0 bridgehead atoms. The molecule has 0 fully saturated rings. The Hall–Kier alpha value is -2.38. The fraction of sp³-hybridized carbons (Fsp3) is 0.357. The number of aromatic hydroxyl groups is 1. The lowest BCUT2D eigenvalue weighted by Gasteiger charge is -2.09. The summed E-state index contributed by atoms with van der Waals surface area (Å²) < 4.78 is 42.3. The maximum Gasteiger partial charge on any atom is 0.407 e. The molecule has 0 saturated carbocycles. The van der Waals surface area contributed by atoms with E-state index in [0.717, 1.165) is 11.1 Å². The molecule has 1 heterocycles. The number of phenols is 1. The van der Waals surface area contributed by atoms with Crippen molar-refractivity contribution >= 4 is 17.0 Å². The Bertz CT molecular complexity index is 680. The van der Waals surface area contributed by atoms with Crippen LogP contribution < -0.4 is 5.32 Å². The Labute approximate surface area is 124 Å². The minimum Gasteiger partial charge on any atom is -0.507 e. The zero-order valence-corrected chi connectivity index (χ0v) is 11.8. The Morgan fingerprint density at radius 1 is 1.41 bits per heavy atom. The average Bonchev–Trinajstić information content (AvgIpc) is 2.74. The molecule has 22 heavy (non-hydrogen) atoms. The van der Waals surface area contributed by atoms with E-state index in [4.69, 9.17) is 4.74 Å². The van der Waals surface area contributed by atoms with Crippen LogP contribution in [-0.2, 0) is 18.2 Å². The van der Waals surface area contributed by atoms with E-state index in [2.05, 4.69) is 0 Å². The van der Waals surface area contributed by atoms with Gasteiger partial charge in [-0.3, -0.25) is 0 Å². The maximum atomic E-state index is 11.9. The van der Waals surface area contributed by atoms with Gasteiger partial charge in [0, 0.05) is 25.1 Å². The van der Waals surface area contributed by atoms with Crippen molar-refractivity contribution in [3.63, 3.8) is 0 Å². The Kier molecular flexibility index (Phi) is 4.48. The van der Waals surface area contributed by atoms with Gasteiger partial charge in [0.25, 0.3) is 0 Å². The summed E-state index contributed by atoms with van der Waals surface area (Å²) in [6.07, 6.45) is -3.53. The summed E-state index contributed by atoms with van der Waals surface area (Å²) in [6, 6.07) is 5.08. The molecule has 2 N–H and O–H groups in total. The summed E-state index contributed by atoms with van der Waals surface area (Å²) in [5.74, 6) is 0.106. The third-order valence-electron chi connectivity index (χ3n) is 3.11. The zero-order chi connectivity index (χ0) is 16.3. The van der Waals surface area contributed by atoms with Crippen molar-refractivity contribution < 1.29 is 27.8 Å². The first-order valence-corrected chi connectivity index (χ1v) is 6.51. The molecule has 8 heteroatoms. The van der Waals surface area contributed by atoms with Crippen LogP contribution in [0.4, 0.5) is 18.0 Å². The lowest BCUT2D eigenvalue weighted by atomic mass is 10.1. The van der Waals surface area contributed by atoms with Crippen molar-refractivity contribution in [2.45, 2.75) is 12.6 Å². The monoisotopic (exact) mass is 316 g/mol. The highest BCUT2D eigenvalue weighted by atomic mass is 19.4. The first kappa shape index (κ1) is 16.0. The highest BCUT2D eigenvalue weighted by Crippen LogP contribution is 2.29. The first-order chi connectivity index (χ1) is 10.3. The Morgan fingerprint density at radius 2 is 2.14 bits per heavy atom. The minimum atomic E-state index is -4.47. The molecule has 0 unspecified atom stereocenters. The molecule has 0 atom stereocenters. The number of ether oxygens (including phenoxy) is 1. The van der Waals surface area contributed by atoms with Crippen LogP contribution in [0.15, 0.2) is 24.4 Å². The van der Waals surface area contributed by atoms with Gasteiger partial charge in [-0.25, -0.2) is 4.79 Å². The number of nitrogens with zero attached hydrogens (tertiary/aromatic N) is 1. The van der Waals surface area contributed by atoms with E-state index in [9.17, 15) is 23.1 Å². The highest BCUT2D eigenvalue weighted by molar-refractivity contribution is 5.89.